The van der Waals surface area contributed by atoms with Gasteiger partial charge in [0.1, 0.15) is 0 Å². The third-order valence-corrected chi connectivity index (χ3v) is 2.91. The van der Waals surface area contributed by atoms with Crippen molar-refractivity contribution in [2.75, 3.05) is 26.2 Å². The molecule has 1 atom stereocenters. The molecule has 1 saturated heterocycles. The van der Waals surface area contributed by atoms with Crippen molar-refractivity contribution in [1.82, 2.24) is 10.6 Å². The maximum absolute atomic E-state index is 11.6. The molecule has 1 aromatic rings. The molecule has 5 heteroatoms. The molecule has 0 spiro atoms. The quantitative estimate of drug-likeness (QED) is 0.786. The van der Waals surface area contributed by atoms with Crippen LogP contribution >= 0.6 is 12.4 Å². The lowest BCUT2D eigenvalue weighted by Gasteiger charge is -2.22. The molecule has 1 aromatic heterocycles. The van der Waals surface area contributed by atoms with Crippen LogP contribution in [0.1, 0.15) is 23.4 Å². The van der Waals surface area contributed by atoms with Crippen LogP contribution < -0.4 is 10.6 Å². The minimum absolute atomic E-state index is 0. The first kappa shape index (κ1) is 14.2. The molecule has 4 nitrogen and oxygen atoms in total. The Morgan fingerprint density at radius 2 is 2.47 bits per heavy atom. The lowest BCUT2D eigenvalue weighted by atomic mass is 10.00. The van der Waals surface area contributed by atoms with Gasteiger partial charge < -0.3 is 15.1 Å². The van der Waals surface area contributed by atoms with Gasteiger partial charge in [0.15, 0.2) is 5.76 Å². The first-order chi connectivity index (χ1) is 7.86. The molecule has 96 valence electrons. The number of rotatable bonds is 5. The van der Waals surface area contributed by atoms with Gasteiger partial charge in [-0.15, -0.1) is 12.4 Å². The third-order valence-electron chi connectivity index (χ3n) is 2.91. The second-order valence-electron chi connectivity index (χ2n) is 4.24. The fraction of sp³-hybridized carbons (Fsp3) is 0.583. The summed E-state index contributed by atoms with van der Waals surface area (Å²) < 4.78 is 5.04. The van der Waals surface area contributed by atoms with Gasteiger partial charge in [-0.3, -0.25) is 4.79 Å². The minimum Gasteiger partial charge on any atom is -0.461 e. The molecule has 0 amide bonds. The first-order valence-electron chi connectivity index (χ1n) is 5.84. The molecule has 0 bridgehead atoms. The number of furan rings is 1. The Labute approximate surface area is 108 Å². The number of hydrogen-bond acceptors (Lipinski definition) is 4. The SMILES string of the molecule is Cl.O=C(CNCC1CCCNC1)c1ccco1. The van der Waals surface area contributed by atoms with Crippen LogP contribution in [0.5, 0.6) is 0 Å². The van der Waals surface area contributed by atoms with Crippen molar-refractivity contribution in [3.63, 3.8) is 0 Å². The Bertz CT molecular complexity index is 321. The predicted octanol–water partition coefficient (Wildman–Crippen LogP) is 1.47. The van der Waals surface area contributed by atoms with Crippen LogP contribution in [0.3, 0.4) is 0 Å². The highest BCUT2D eigenvalue weighted by Gasteiger charge is 2.13. The second-order valence-corrected chi connectivity index (χ2v) is 4.24. The van der Waals surface area contributed by atoms with Gasteiger partial charge in [-0.2, -0.15) is 0 Å². The van der Waals surface area contributed by atoms with Gasteiger partial charge in [0.05, 0.1) is 12.8 Å². The van der Waals surface area contributed by atoms with Gasteiger partial charge in [-0.1, -0.05) is 0 Å². The van der Waals surface area contributed by atoms with Gasteiger partial charge in [0, 0.05) is 0 Å². The molecule has 0 radical (unpaired) electrons. The van der Waals surface area contributed by atoms with E-state index in [-0.39, 0.29) is 18.2 Å². The van der Waals surface area contributed by atoms with E-state index in [1.165, 1.54) is 19.1 Å². The average Bonchev–Trinajstić information content (AvgIpc) is 2.84. The summed E-state index contributed by atoms with van der Waals surface area (Å²) in [5.74, 6) is 1.11. The summed E-state index contributed by atoms with van der Waals surface area (Å²) in [6, 6.07) is 3.43. The third kappa shape index (κ3) is 4.50. The van der Waals surface area contributed by atoms with Crippen LogP contribution in [0, 0.1) is 5.92 Å². The van der Waals surface area contributed by atoms with Gasteiger partial charge >= 0.3 is 0 Å². The molecular weight excluding hydrogens is 240 g/mol. The Balaban J connectivity index is 0.00000144. The number of piperidine rings is 1. The van der Waals surface area contributed by atoms with E-state index in [1.807, 2.05) is 0 Å². The highest BCUT2D eigenvalue weighted by Crippen LogP contribution is 2.08. The van der Waals surface area contributed by atoms with Gasteiger partial charge in [0.25, 0.3) is 0 Å². The fourth-order valence-corrected chi connectivity index (χ4v) is 2.01. The van der Waals surface area contributed by atoms with E-state index in [1.54, 1.807) is 12.1 Å². The molecule has 17 heavy (non-hydrogen) atoms. The molecule has 1 fully saturated rings. The summed E-state index contributed by atoms with van der Waals surface area (Å²) >= 11 is 0. The number of ketones is 1. The van der Waals surface area contributed by atoms with Crippen LogP contribution in [-0.4, -0.2) is 32.0 Å². The Kier molecular flexibility index (Phi) is 6.26. The Morgan fingerprint density at radius 1 is 1.59 bits per heavy atom. The monoisotopic (exact) mass is 258 g/mol. The predicted molar refractivity (Wildman–Crippen MR) is 68.7 cm³/mol. The van der Waals surface area contributed by atoms with Crippen molar-refractivity contribution >= 4 is 18.2 Å². The molecular formula is C12H19ClN2O2. The Hall–Kier alpha value is -0.840. The van der Waals surface area contributed by atoms with Crippen molar-refractivity contribution in [2.24, 2.45) is 5.92 Å². The minimum atomic E-state index is 0. The standard InChI is InChI=1S/C12H18N2O2.ClH/c15-11(12-4-2-6-16-12)9-14-8-10-3-1-5-13-7-10;/h2,4,6,10,13-14H,1,3,5,7-9H2;1H. The Morgan fingerprint density at radius 3 is 3.12 bits per heavy atom. The van der Waals surface area contributed by atoms with Crippen LogP contribution in [0.15, 0.2) is 22.8 Å². The number of nitrogens with one attached hydrogen (secondary N) is 2. The van der Waals surface area contributed by atoms with Crippen molar-refractivity contribution in [2.45, 2.75) is 12.8 Å². The normalized spacial score (nSPS) is 19.6. The molecule has 0 aromatic carbocycles. The summed E-state index contributed by atoms with van der Waals surface area (Å²) in [4.78, 5) is 11.6. The molecule has 2 rings (SSSR count). The number of Topliss-reactive ketones (excluding diaryl/α,β-unsaturated/α-hetero) is 1. The number of halogens is 1. The summed E-state index contributed by atoms with van der Waals surface area (Å²) in [7, 11) is 0. The van der Waals surface area contributed by atoms with Gasteiger partial charge in [-0.25, -0.2) is 0 Å². The van der Waals surface area contributed by atoms with E-state index < -0.39 is 0 Å². The number of carbonyl (C=O) groups is 1. The zero-order chi connectivity index (χ0) is 11.2. The van der Waals surface area contributed by atoms with E-state index in [4.69, 9.17) is 4.42 Å². The summed E-state index contributed by atoms with van der Waals surface area (Å²) in [5, 5.41) is 6.55. The number of carbonyl (C=O) groups excluding carboxylic acids is 1. The molecule has 0 saturated carbocycles. The van der Waals surface area contributed by atoms with E-state index >= 15 is 0 Å². The highest BCUT2D eigenvalue weighted by molar-refractivity contribution is 5.94. The van der Waals surface area contributed by atoms with E-state index in [0.29, 0.717) is 18.2 Å². The maximum atomic E-state index is 11.6. The lowest BCUT2D eigenvalue weighted by molar-refractivity contribution is 0.0963. The lowest BCUT2D eigenvalue weighted by Crippen LogP contribution is -2.37. The topological polar surface area (TPSA) is 54.3 Å². The van der Waals surface area contributed by atoms with Crippen LogP contribution in [-0.2, 0) is 0 Å². The van der Waals surface area contributed by atoms with Gasteiger partial charge in [-0.05, 0) is 50.5 Å². The summed E-state index contributed by atoms with van der Waals surface area (Å²) in [5.41, 5.74) is 0. The summed E-state index contributed by atoms with van der Waals surface area (Å²) in [6.45, 7) is 3.45. The largest absolute Gasteiger partial charge is 0.461 e. The van der Waals surface area contributed by atoms with Crippen LogP contribution in [0.2, 0.25) is 0 Å². The number of hydrogen-bond donors (Lipinski definition) is 2. The van der Waals surface area contributed by atoms with Crippen molar-refractivity contribution < 1.29 is 9.21 Å². The summed E-state index contributed by atoms with van der Waals surface area (Å²) in [6.07, 6.45) is 4.01. The van der Waals surface area contributed by atoms with Crippen molar-refractivity contribution in [3.05, 3.63) is 24.2 Å². The molecule has 2 heterocycles. The van der Waals surface area contributed by atoms with Crippen molar-refractivity contribution in [3.8, 4) is 0 Å². The smallest absolute Gasteiger partial charge is 0.211 e. The fourth-order valence-electron chi connectivity index (χ4n) is 2.01. The second kappa shape index (κ2) is 7.48. The zero-order valence-corrected chi connectivity index (χ0v) is 10.6. The molecule has 0 aliphatic carbocycles. The molecule has 1 unspecified atom stereocenters. The average molecular weight is 259 g/mol. The highest BCUT2D eigenvalue weighted by atomic mass is 35.5. The van der Waals surface area contributed by atoms with Crippen LogP contribution in [0.4, 0.5) is 0 Å². The zero-order valence-electron chi connectivity index (χ0n) is 9.78. The van der Waals surface area contributed by atoms with Crippen molar-refractivity contribution in [1.29, 1.82) is 0 Å². The van der Waals surface area contributed by atoms with E-state index in [0.717, 1.165) is 19.6 Å². The maximum Gasteiger partial charge on any atom is 0.211 e. The molecule has 2 N–H and O–H groups in total. The molecule has 1 aliphatic rings. The van der Waals surface area contributed by atoms with Gasteiger partial charge in [0.2, 0.25) is 5.78 Å². The van der Waals surface area contributed by atoms with Crippen LogP contribution in [0.25, 0.3) is 0 Å². The molecule has 1 aliphatic heterocycles. The first-order valence-corrected chi connectivity index (χ1v) is 5.84. The van der Waals surface area contributed by atoms with E-state index in [2.05, 4.69) is 10.6 Å². The van der Waals surface area contributed by atoms with E-state index in [9.17, 15) is 4.79 Å².